The van der Waals surface area contributed by atoms with Crippen LogP contribution in [0.5, 0.6) is 0 Å². The zero-order valence-electron chi connectivity index (χ0n) is 10.5. The van der Waals surface area contributed by atoms with Crippen molar-refractivity contribution in [3.8, 4) is 0 Å². The van der Waals surface area contributed by atoms with Crippen LogP contribution >= 0.6 is 31.9 Å². The van der Waals surface area contributed by atoms with Crippen molar-refractivity contribution in [3.05, 3.63) is 34.1 Å². The Morgan fingerprint density at radius 1 is 1.32 bits per heavy atom. The zero-order chi connectivity index (χ0) is 13.9. The number of carbonyl (C=O) groups excluding carboxylic acids is 1. The highest BCUT2D eigenvalue weighted by atomic mass is 79.9. The number of hydrogen-bond donors (Lipinski definition) is 1. The number of halogens is 3. The molecule has 0 atom stereocenters. The standard InChI is InChI=1S/C14H16Br2FNO/c15-9-14(6-2-1-3-7-14)18-13(19)10-4-5-12(17)11(16)8-10/h4-5,8H,1-3,6-7,9H2,(H,18,19). The Morgan fingerprint density at radius 3 is 2.58 bits per heavy atom. The van der Waals surface area contributed by atoms with E-state index in [0.717, 1.165) is 31.0 Å². The van der Waals surface area contributed by atoms with Crippen LogP contribution < -0.4 is 5.32 Å². The average molecular weight is 393 g/mol. The largest absolute Gasteiger partial charge is 0.346 e. The van der Waals surface area contributed by atoms with Crippen LogP contribution in [-0.4, -0.2) is 16.8 Å². The molecular formula is C14H16Br2FNO. The van der Waals surface area contributed by atoms with Crippen LogP contribution in [0, 0.1) is 5.82 Å². The predicted octanol–water partition coefficient (Wildman–Crippen LogP) is 4.42. The Morgan fingerprint density at radius 2 is 2.00 bits per heavy atom. The molecule has 2 nitrogen and oxygen atoms in total. The molecule has 1 aliphatic carbocycles. The second-order valence-electron chi connectivity index (χ2n) is 5.06. The van der Waals surface area contributed by atoms with Crippen molar-refractivity contribution in [2.45, 2.75) is 37.6 Å². The molecule has 2 rings (SSSR count). The summed E-state index contributed by atoms with van der Waals surface area (Å²) in [6.07, 6.45) is 5.49. The van der Waals surface area contributed by atoms with Crippen molar-refractivity contribution in [3.63, 3.8) is 0 Å². The van der Waals surface area contributed by atoms with Gasteiger partial charge in [0, 0.05) is 10.9 Å². The molecule has 1 aromatic rings. The van der Waals surface area contributed by atoms with E-state index in [4.69, 9.17) is 0 Å². The molecule has 0 aliphatic heterocycles. The highest BCUT2D eigenvalue weighted by Gasteiger charge is 2.32. The van der Waals surface area contributed by atoms with Crippen molar-refractivity contribution in [1.29, 1.82) is 0 Å². The van der Waals surface area contributed by atoms with Crippen molar-refractivity contribution in [1.82, 2.24) is 5.32 Å². The molecule has 19 heavy (non-hydrogen) atoms. The lowest BCUT2D eigenvalue weighted by molar-refractivity contribution is 0.0886. The zero-order valence-corrected chi connectivity index (χ0v) is 13.7. The van der Waals surface area contributed by atoms with Gasteiger partial charge in [0.15, 0.2) is 0 Å². The van der Waals surface area contributed by atoms with Crippen LogP contribution in [0.15, 0.2) is 22.7 Å². The van der Waals surface area contributed by atoms with E-state index in [-0.39, 0.29) is 17.3 Å². The first-order valence-corrected chi connectivity index (χ1v) is 8.31. The highest BCUT2D eigenvalue weighted by Crippen LogP contribution is 2.30. The first kappa shape index (κ1) is 15.0. The van der Waals surface area contributed by atoms with Crippen LogP contribution in [0.1, 0.15) is 42.5 Å². The van der Waals surface area contributed by atoms with Gasteiger partial charge in [-0.1, -0.05) is 35.2 Å². The Hall–Kier alpha value is -0.420. The molecule has 1 saturated carbocycles. The lowest BCUT2D eigenvalue weighted by atomic mass is 9.83. The fourth-order valence-electron chi connectivity index (χ4n) is 2.47. The predicted molar refractivity (Wildman–Crippen MR) is 81.2 cm³/mol. The number of hydrogen-bond acceptors (Lipinski definition) is 1. The molecular weight excluding hydrogens is 377 g/mol. The Kier molecular flexibility index (Phi) is 5.01. The van der Waals surface area contributed by atoms with Crippen LogP contribution in [0.2, 0.25) is 0 Å². The number of amides is 1. The summed E-state index contributed by atoms with van der Waals surface area (Å²) < 4.78 is 13.5. The third-order valence-electron chi connectivity index (χ3n) is 3.63. The van der Waals surface area contributed by atoms with Crippen LogP contribution in [0.3, 0.4) is 0 Å². The SMILES string of the molecule is O=C(NC1(CBr)CCCCC1)c1ccc(F)c(Br)c1. The van der Waals surface area contributed by atoms with Crippen LogP contribution in [0.4, 0.5) is 4.39 Å². The van der Waals surface area contributed by atoms with Gasteiger partial charge in [-0.05, 0) is 47.0 Å². The summed E-state index contributed by atoms with van der Waals surface area (Å²) in [6.45, 7) is 0. The Bertz CT molecular complexity index is 473. The van der Waals surface area contributed by atoms with Crippen molar-refractivity contribution < 1.29 is 9.18 Å². The molecule has 0 heterocycles. The van der Waals surface area contributed by atoms with Gasteiger partial charge in [0.25, 0.3) is 5.91 Å². The van der Waals surface area contributed by atoms with Crippen LogP contribution in [-0.2, 0) is 0 Å². The minimum absolute atomic E-state index is 0.137. The van der Waals surface area contributed by atoms with Gasteiger partial charge in [-0.15, -0.1) is 0 Å². The molecule has 0 saturated heterocycles. The van der Waals surface area contributed by atoms with E-state index < -0.39 is 0 Å². The maximum absolute atomic E-state index is 13.2. The second-order valence-corrected chi connectivity index (χ2v) is 6.47. The minimum Gasteiger partial charge on any atom is -0.346 e. The van der Waals surface area contributed by atoms with Gasteiger partial charge in [-0.25, -0.2) is 4.39 Å². The lowest BCUT2D eigenvalue weighted by Gasteiger charge is -2.36. The molecule has 1 amide bonds. The van der Waals surface area contributed by atoms with Gasteiger partial charge in [0.2, 0.25) is 0 Å². The van der Waals surface area contributed by atoms with Gasteiger partial charge in [0.05, 0.1) is 10.0 Å². The fraction of sp³-hybridized carbons (Fsp3) is 0.500. The highest BCUT2D eigenvalue weighted by molar-refractivity contribution is 9.10. The third kappa shape index (κ3) is 3.57. The number of alkyl halides is 1. The van der Waals surface area contributed by atoms with E-state index >= 15 is 0 Å². The molecule has 104 valence electrons. The topological polar surface area (TPSA) is 29.1 Å². The summed E-state index contributed by atoms with van der Waals surface area (Å²) in [5, 5.41) is 3.87. The summed E-state index contributed by atoms with van der Waals surface area (Å²) in [4.78, 5) is 12.3. The summed E-state index contributed by atoms with van der Waals surface area (Å²) in [6, 6.07) is 4.34. The van der Waals surface area contributed by atoms with Crippen LogP contribution in [0.25, 0.3) is 0 Å². The van der Waals surface area contributed by atoms with Crippen molar-refractivity contribution in [2.75, 3.05) is 5.33 Å². The van der Waals surface area contributed by atoms with E-state index in [9.17, 15) is 9.18 Å². The molecule has 0 aromatic heterocycles. The van der Waals surface area contributed by atoms with E-state index in [1.807, 2.05) is 0 Å². The first-order chi connectivity index (χ1) is 9.06. The van der Waals surface area contributed by atoms with Gasteiger partial charge in [-0.2, -0.15) is 0 Å². The summed E-state index contributed by atoms with van der Waals surface area (Å²) in [5.74, 6) is -0.494. The lowest BCUT2D eigenvalue weighted by Crippen LogP contribution is -2.51. The number of nitrogens with one attached hydrogen (secondary N) is 1. The van der Waals surface area contributed by atoms with Gasteiger partial charge >= 0.3 is 0 Å². The summed E-state index contributed by atoms with van der Waals surface area (Å²) >= 11 is 6.62. The number of carbonyl (C=O) groups is 1. The normalized spacial score (nSPS) is 18.1. The van der Waals surface area contributed by atoms with Gasteiger partial charge < -0.3 is 5.32 Å². The molecule has 0 bridgehead atoms. The van der Waals surface area contributed by atoms with Crippen molar-refractivity contribution in [2.24, 2.45) is 0 Å². The number of rotatable bonds is 3. The maximum atomic E-state index is 13.2. The van der Waals surface area contributed by atoms with Gasteiger partial charge in [-0.3, -0.25) is 4.79 Å². The molecule has 0 radical (unpaired) electrons. The third-order valence-corrected chi connectivity index (χ3v) is 5.31. The molecule has 1 N–H and O–H groups in total. The Labute approximate surface area is 129 Å². The van der Waals surface area contributed by atoms with E-state index in [1.54, 1.807) is 0 Å². The molecule has 1 aliphatic rings. The minimum atomic E-state index is -0.357. The van der Waals surface area contributed by atoms with E-state index in [0.29, 0.717) is 10.0 Å². The second kappa shape index (κ2) is 6.35. The summed E-state index contributed by atoms with van der Waals surface area (Å²) in [5.41, 5.74) is 0.329. The van der Waals surface area contributed by atoms with Crippen molar-refractivity contribution >= 4 is 37.8 Å². The quantitative estimate of drug-likeness (QED) is 0.758. The maximum Gasteiger partial charge on any atom is 0.251 e. The summed E-state index contributed by atoms with van der Waals surface area (Å²) in [7, 11) is 0. The molecule has 1 aromatic carbocycles. The smallest absolute Gasteiger partial charge is 0.251 e. The fourth-order valence-corrected chi connectivity index (χ4v) is 3.55. The van der Waals surface area contributed by atoms with E-state index in [2.05, 4.69) is 37.2 Å². The number of benzene rings is 1. The molecule has 5 heteroatoms. The average Bonchev–Trinajstić information content (AvgIpc) is 2.43. The monoisotopic (exact) mass is 391 g/mol. The van der Waals surface area contributed by atoms with E-state index in [1.165, 1.54) is 24.6 Å². The molecule has 0 unspecified atom stereocenters. The molecule has 0 spiro atoms. The van der Waals surface area contributed by atoms with Gasteiger partial charge in [0.1, 0.15) is 5.82 Å². The Balaban J connectivity index is 2.12. The first-order valence-electron chi connectivity index (χ1n) is 6.40. The molecule has 1 fully saturated rings.